The SMILES string of the molecule is N#CCC(C=O)NC(=O)OCc1ccccc1. The first kappa shape index (κ1) is 12.7. The molecular formula is C12H12N2O3. The Morgan fingerprint density at radius 3 is 2.76 bits per heavy atom. The fourth-order valence-electron chi connectivity index (χ4n) is 1.15. The van der Waals surface area contributed by atoms with Gasteiger partial charge < -0.3 is 14.8 Å². The third-order valence-electron chi connectivity index (χ3n) is 1.99. The van der Waals surface area contributed by atoms with Crippen LogP contribution in [0.2, 0.25) is 0 Å². The number of carbonyl (C=O) groups is 2. The molecule has 1 N–H and O–H groups in total. The number of alkyl carbamates (subject to hydrolysis) is 1. The summed E-state index contributed by atoms with van der Waals surface area (Å²) in [7, 11) is 0. The average molecular weight is 232 g/mol. The first-order valence-electron chi connectivity index (χ1n) is 5.05. The van der Waals surface area contributed by atoms with Crippen molar-refractivity contribution >= 4 is 12.4 Å². The molecule has 0 saturated carbocycles. The third kappa shape index (κ3) is 4.80. The van der Waals surface area contributed by atoms with Crippen LogP contribution in [-0.4, -0.2) is 18.4 Å². The van der Waals surface area contributed by atoms with Crippen molar-refractivity contribution in [1.29, 1.82) is 5.26 Å². The van der Waals surface area contributed by atoms with Gasteiger partial charge in [-0.05, 0) is 5.56 Å². The van der Waals surface area contributed by atoms with E-state index in [2.05, 4.69) is 5.32 Å². The van der Waals surface area contributed by atoms with Gasteiger partial charge in [0.05, 0.1) is 12.5 Å². The minimum atomic E-state index is -0.816. The molecule has 5 nitrogen and oxygen atoms in total. The highest BCUT2D eigenvalue weighted by Gasteiger charge is 2.11. The van der Waals surface area contributed by atoms with Crippen LogP contribution in [-0.2, 0) is 16.1 Å². The number of rotatable bonds is 5. The van der Waals surface area contributed by atoms with Crippen LogP contribution < -0.4 is 5.32 Å². The number of carbonyl (C=O) groups excluding carboxylic acids is 2. The lowest BCUT2D eigenvalue weighted by atomic mass is 10.2. The molecule has 0 radical (unpaired) electrons. The Morgan fingerprint density at radius 2 is 2.18 bits per heavy atom. The number of aldehydes is 1. The fraction of sp³-hybridized carbons (Fsp3) is 0.250. The zero-order valence-electron chi connectivity index (χ0n) is 9.13. The number of nitrogens with one attached hydrogen (secondary N) is 1. The zero-order chi connectivity index (χ0) is 12.5. The number of hydrogen-bond donors (Lipinski definition) is 1. The van der Waals surface area contributed by atoms with Crippen molar-refractivity contribution in [2.24, 2.45) is 0 Å². The van der Waals surface area contributed by atoms with Crippen LogP contribution in [0.15, 0.2) is 30.3 Å². The molecule has 1 unspecified atom stereocenters. The molecule has 0 aliphatic heterocycles. The van der Waals surface area contributed by atoms with E-state index in [0.717, 1.165) is 5.56 Å². The Hall–Kier alpha value is -2.35. The summed E-state index contributed by atoms with van der Waals surface area (Å²) in [5, 5.41) is 10.7. The van der Waals surface area contributed by atoms with Gasteiger partial charge in [0.1, 0.15) is 18.9 Å². The van der Waals surface area contributed by atoms with Crippen LogP contribution in [0.3, 0.4) is 0 Å². The summed E-state index contributed by atoms with van der Waals surface area (Å²) in [5.74, 6) is 0. The predicted molar refractivity (Wildman–Crippen MR) is 59.8 cm³/mol. The van der Waals surface area contributed by atoms with E-state index in [-0.39, 0.29) is 13.0 Å². The van der Waals surface area contributed by atoms with Gasteiger partial charge in [-0.2, -0.15) is 5.26 Å². The van der Waals surface area contributed by atoms with Crippen LogP contribution >= 0.6 is 0 Å². The van der Waals surface area contributed by atoms with Crippen LogP contribution in [0, 0.1) is 11.3 Å². The van der Waals surface area contributed by atoms with E-state index in [1.165, 1.54) is 0 Å². The fourth-order valence-corrected chi connectivity index (χ4v) is 1.15. The quantitative estimate of drug-likeness (QED) is 0.778. The van der Waals surface area contributed by atoms with E-state index < -0.39 is 12.1 Å². The molecule has 0 heterocycles. The average Bonchev–Trinajstić information content (AvgIpc) is 2.37. The van der Waals surface area contributed by atoms with Crippen LogP contribution in [0.4, 0.5) is 4.79 Å². The van der Waals surface area contributed by atoms with Crippen LogP contribution in [0.5, 0.6) is 0 Å². The number of nitriles is 1. The molecule has 0 bridgehead atoms. The van der Waals surface area contributed by atoms with E-state index in [9.17, 15) is 9.59 Å². The highest BCUT2D eigenvalue weighted by Crippen LogP contribution is 2.00. The summed E-state index contributed by atoms with van der Waals surface area (Å²) in [4.78, 5) is 21.7. The molecule has 5 heteroatoms. The maximum absolute atomic E-state index is 11.3. The monoisotopic (exact) mass is 232 g/mol. The lowest BCUT2D eigenvalue weighted by Crippen LogP contribution is -2.36. The van der Waals surface area contributed by atoms with Crippen molar-refractivity contribution in [2.45, 2.75) is 19.1 Å². The summed E-state index contributed by atoms with van der Waals surface area (Å²) >= 11 is 0. The molecule has 17 heavy (non-hydrogen) atoms. The highest BCUT2D eigenvalue weighted by molar-refractivity contribution is 5.73. The van der Waals surface area contributed by atoms with Gasteiger partial charge in [0.25, 0.3) is 0 Å². The molecule has 1 aromatic carbocycles. The number of amides is 1. The van der Waals surface area contributed by atoms with E-state index in [1.807, 2.05) is 30.3 Å². The Kier molecular flexibility index (Phi) is 5.25. The summed E-state index contributed by atoms with van der Waals surface area (Å²) in [6.07, 6.45) is -0.266. The molecule has 0 fully saturated rings. The van der Waals surface area contributed by atoms with Crippen molar-refractivity contribution < 1.29 is 14.3 Å². The molecule has 0 saturated heterocycles. The smallest absolute Gasteiger partial charge is 0.408 e. The van der Waals surface area contributed by atoms with Crippen molar-refractivity contribution in [2.75, 3.05) is 0 Å². The number of benzene rings is 1. The maximum Gasteiger partial charge on any atom is 0.408 e. The maximum atomic E-state index is 11.3. The zero-order valence-corrected chi connectivity index (χ0v) is 9.13. The summed E-state index contributed by atoms with van der Waals surface area (Å²) < 4.78 is 4.89. The molecule has 1 aromatic rings. The lowest BCUT2D eigenvalue weighted by molar-refractivity contribution is -0.109. The van der Waals surface area contributed by atoms with Gasteiger partial charge >= 0.3 is 6.09 Å². The van der Waals surface area contributed by atoms with Crippen LogP contribution in [0.1, 0.15) is 12.0 Å². The second-order valence-corrected chi connectivity index (χ2v) is 3.31. The molecule has 1 amide bonds. The van der Waals surface area contributed by atoms with Gasteiger partial charge in [-0.15, -0.1) is 0 Å². The largest absolute Gasteiger partial charge is 0.445 e. The standard InChI is InChI=1S/C12H12N2O3/c13-7-6-11(8-15)14-12(16)17-9-10-4-2-1-3-5-10/h1-5,8,11H,6,9H2,(H,14,16). The topological polar surface area (TPSA) is 79.2 Å². The Balaban J connectivity index is 2.35. The molecule has 0 aliphatic carbocycles. The number of ether oxygens (including phenoxy) is 1. The van der Waals surface area contributed by atoms with Crippen molar-refractivity contribution in [1.82, 2.24) is 5.32 Å². The van der Waals surface area contributed by atoms with Gasteiger partial charge in [0, 0.05) is 0 Å². The molecule has 0 aliphatic rings. The molecule has 1 atom stereocenters. The third-order valence-corrected chi connectivity index (χ3v) is 1.99. The van der Waals surface area contributed by atoms with E-state index >= 15 is 0 Å². The minimum absolute atomic E-state index is 0.0655. The Bertz CT molecular complexity index is 412. The Labute approximate surface area is 99.0 Å². The summed E-state index contributed by atoms with van der Waals surface area (Å²) in [5.41, 5.74) is 0.852. The molecule has 1 rings (SSSR count). The predicted octanol–water partition coefficient (Wildman–Crippen LogP) is 1.39. The van der Waals surface area contributed by atoms with Crippen molar-refractivity contribution in [3.63, 3.8) is 0 Å². The molecule has 0 aromatic heterocycles. The number of nitrogens with zero attached hydrogens (tertiary/aromatic N) is 1. The van der Waals surface area contributed by atoms with Crippen molar-refractivity contribution in [3.8, 4) is 6.07 Å². The van der Waals surface area contributed by atoms with Gasteiger partial charge in [-0.3, -0.25) is 0 Å². The van der Waals surface area contributed by atoms with Crippen LogP contribution in [0.25, 0.3) is 0 Å². The minimum Gasteiger partial charge on any atom is -0.445 e. The van der Waals surface area contributed by atoms with Gasteiger partial charge in [0.15, 0.2) is 0 Å². The summed E-state index contributed by atoms with van der Waals surface area (Å²) in [6, 6.07) is 10.1. The molecule has 88 valence electrons. The second-order valence-electron chi connectivity index (χ2n) is 3.31. The van der Waals surface area contributed by atoms with Gasteiger partial charge in [-0.25, -0.2) is 4.79 Å². The van der Waals surface area contributed by atoms with Gasteiger partial charge in [-0.1, -0.05) is 30.3 Å². The molecule has 0 spiro atoms. The number of hydrogen-bond acceptors (Lipinski definition) is 4. The van der Waals surface area contributed by atoms with Gasteiger partial charge in [0.2, 0.25) is 0 Å². The van der Waals surface area contributed by atoms with E-state index in [1.54, 1.807) is 6.07 Å². The Morgan fingerprint density at radius 1 is 1.47 bits per heavy atom. The molecular weight excluding hydrogens is 220 g/mol. The van der Waals surface area contributed by atoms with E-state index in [0.29, 0.717) is 6.29 Å². The lowest BCUT2D eigenvalue weighted by Gasteiger charge is -2.09. The second kappa shape index (κ2) is 7.01. The normalized spacial score (nSPS) is 11.0. The first-order valence-corrected chi connectivity index (χ1v) is 5.05. The highest BCUT2D eigenvalue weighted by atomic mass is 16.5. The summed E-state index contributed by atoms with van der Waals surface area (Å²) in [6.45, 7) is 0.130. The van der Waals surface area contributed by atoms with Crippen molar-refractivity contribution in [3.05, 3.63) is 35.9 Å². The first-order chi connectivity index (χ1) is 8.26. The van der Waals surface area contributed by atoms with E-state index in [4.69, 9.17) is 10.00 Å².